The third kappa shape index (κ3) is 2.66. The first-order valence-electron chi connectivity index (χ1n) is 6.06. The molecule has 0 spiro atoms. The number of benzene rings is 1. The Bertz CT molecular complexity index is 596. The van der Waals surface area contributed by atoms with Crippen LogP contribution in [0.25, 0.3) is 0 Å². The van der Waals surface area contributed by atoms with Crippen molar-refractivity contribution in [3.8, 4) is 6.07 Å². The Balaban J connectivity index is 2.47. The van der Waals surface area contributed by atoms with Crippen LogP contribution < -0.4 is 0 Å². The van der Waals surface area contributed by atoms with E-state index in [1.54, 1.807) is 29.8 Å². The van der Waals surface area contributed by atoms with Gasteiger partial charge < -0.3 is 9.30 Å². The Morgan fingerprint density at radius 3 is 2.68 bits per heavy atom. The summed E-state index contributed by atoms with van der Waals surface area (Å²) in [7, 11) is 0. The van der Waals surface area contributed by atoms with Crippen LogP contribution in [0.3, 0.4) is 0 Å². The second-order valence-corrected chi connectivity index (χ2v) is 3.98. The van der Waals surface area contributed by atoms with Crippen molar-refractivity contribution < 1.29 is 9.53 Å². The first-order chi connectivity index (χ1) is 9.27. The molecule has 0 bridgehead atoms. The van der Waals surface area contributed by atoms with Gasteiger partial charge in [0.1, 0.15) is 11.8 Å². The zero-order chi connectivity index (χ0) is 13.7. The van der Waals surface area contributed by atoms with Gasteiger partial charge in [-0.05, 0) is 24.6 Å². The highest BCUT2D eigenvalue weighted by molar-refractivity contribution is 5.78. The van der Waals surface area contributed by atoms with Crippen LogP contribution in [0.4, 0.5) is 0 Å². The molecular formula is C15H14N2O2. The normalized spacial score (nSPS) is 11.6. The SMILES string of the molecule is CCOC(=O)C(c1ccccc1)n1cccc1C#N. The van der Waals surface area contributed by atoms with Crippen molar-refractivity contribution in [2.45, 2.75) is 13.0 Å². The van der Waals surface area contributed by atoms with Crippen molar-refractivity contribution in [3.63, 3.8) is 0 Å². The van der Waals surface area contributed by atoms with Gasteiger partial charge >= 0.3 is 5.97 Å². The molecule has 0 amide bonds. The predicted octanol–water partition coefficient (Wildman–Crippen LogP) is 2.51. The van der Waals surface area contributed by atoms with Crippen molar-refractivity contribution in [2.75, 3.05) is 6.61 Å². The quantitative estimate of drug-likeness (QED) is 0.788. The number of nitrogens with zero attached hydrogens (tertiary/aromatic N) is 2. The molecule has 96 valence electrons. The van der Waals surface area contributed by atoms with E-state index >= 15 is 0 Å². The molecule has 2 rings (SSSR count). The van der Waals surface area contributed by atoms with E-state index in [0.717, 1.165) is 5.56 Å². The van der Waals surface area contributed by atoms with Crippen molar-refractivity contribution in [1.82, 2.24) is 4.57 Å². The van der Waals surface area contributed by atoms with E-state index in [-0.39, 0.29) is 5.97 Å². The van der Waals surface area contributed by atoms with Crippen molar-refractivity contribution in [1.29, 1.82) is 5.26 Å². The van der Waals surface area contributed by atoms with Gasteiger partial charge in [0.25, 0.3) is 0 Å². The fourth-order valence-electron chi connectivity index (χ4n) is 1.98. The number of hydrogen-bond acceptors (Lipinski definition) is 3. The summed E-state index contributed by atoms with van der Waals surface area (Å²) in [6, 6.07) is 14.2. The van der Waals surface area contributed by atoms with Crippen LogP contribution in [-0.2, 0) is 9.53 Å². The van der Waals surface area contributed by atoms with E-state index in [9.17, 15) is 4.79 Å². The van der Waals surface area contributed by atoms with E-state index in [0.29, 0.717) is 12.3 Å². The van der Waals surface area contributed by atoms with Gasteiger partial charge in [0.2, 0.25) is 0 Å². The summed E-state index contributed by atoms with van der Waals surface area (Å²) < 4.78 is 6.74. The minimum Gasteiger partial charge on any atom is -0.464 e. The Labute approximate surface area is 111 Å². The molecule has 0 saturated heterocycles. The number of esters is 1. The van der Waals surface area contributed by atoms with Crippen LogP contribution in [0, 0.1) is 11.3 Å². The van der Waals surface area contributed by atoms with E-state index in [4.69, 9.17) is 10.00 Å². The number of hydrogen-bond donors (Lipinski definition) is 0. The maximum absolute atomic E-state index is 12.2. The molecule has 4 nitrogen and oxygen atoms in total. The van der Waals surface area contributed by atoms with Crippen LogP contribution in [-0.4, -0.2) is 17.1 Å². The topological polar surface area (TPSA) is 55.0 Å². The van der Waals surface area contributed by atoms with Crippen LogP contribution in [0.15, 0.2) is 48.7 Å². The molecule has 0 aliphatic rings. The molecule has 19 heavy (non-hydrogen) atoms. The average molecular weight is 254 g/mol. The summed E-state index contributed by atoms with van der Waals surface area (Å²) >= 11 is 0. The molecule has 1 aromatic carbocycles. The zero-order valence-electron chi connectivity index (χ0n) is 10.6. The summed E-state index contributed by atoms with van der Waals surface area (Å²) in [4.78, 5) is 12.2. The molecule has 1 aromatic heterocycles. The third-order valence-electron chi connectivity index (χ3n) is 2.80. The second kappa shape index (κ2) is 5.87. The van der Waals surface area contributed by atoms with Crippen molar-refractivity contribution >= 4 is 5.97 Å². The number of ether oxygens (including phenoxy) is 1. The first kappa shape index (κ1) is 12.9. The molecule has 0 N–H and O–H groups in total. The van der Waals surface area contributed by atoms with Crippen molar-refractivity contribution in [2.24, 2.45) is 0 Å². The Morgan fingerprint density at radius 1 is 1.32 bits per heavy atom. The maximum Gasteiger partial charge on any atom is 0.333 e. The summed E-state index contributed by atoms with van der Waals surface area (Å²) in [5.74, 6) is -0.360. The number of nitriles is 1. The van der Waals surface area contributed by atoms with Gasteiger partial charge in [-0.15, -0.1) is 0 Å². The summed E-state index contributed by atoms with van der Waals surface area (Å²) in [5.41, 5.74) is 1.23. The monoisotopic (exact) mass is 254 g/mol. The summed E-state index contributed by atoms with van der Waals surface area (Å²) in [6.45, 7) is 2.08. The summed E-state index contributed by atoms with van der Waals surface area (Å²) in [5, 5.41) is 9.09. The molecule has 0 aliphatic carbocycles. The van der Waals surface area contributed by atoms with Crippen LogP contribution in [0.5, 0.6) is 0 Å². The second-order valence-electron chi connectivity index (χ2n) is 3.98. The van der Waals surface area contributed by atoms with Gasteiger partial charge in [-0.2, -0.15) is 5.26 Å². The largest absolute Gasteiger partial charge is 0.464 e. The van der Waals surface area contributed by atoms with Crippen LogP contribution in [0.2, 0.25) is 0 Å². The lowest BCUT2D eigenvalue weighted by Crippen LogP contribution is -2.23. The molecule has 0 radical (unpaired) electrons. The van der Waals surface area contributed by atoms with E-state index < -0.39 is 6.04 Å². The molecule has 1 heterocycles. The minimum atomic E-state index is -0.620. The minimum absolute atomic E-state index is 0.311. The highest BCUT2D eigenvalue weighted by atomic mass is 16.5. The van der Waals surface area contributed by atoms with Crippen LogP contribution in [0.1, 0.15) is 24.2 Å². The molecule has 0 saturated carbocycles. The van der Waals surface area contributed by atoms with Gasteiger partial charge in [-0.25, -0.2) is 4.79 Å². The molecule has 4 heteroatoms. The fourth-order valence-corrected chi connectivity index (χ4v) is 1.98. The van der Waals surface area contributed by atoms with Gasteiger partial charge in [-0.3, -0.25) is 0 Å². The zero-order valence-corrected chi connectivity index (χ0v) is 10.6. The number of carbonyl (C=O) groups is 1. The van der Waals surface area contributed by atoms with Gasteiger partial charge in [0.15, 0.2) is 6.04 Å². The van der Waals surface area contributed by atoms with Crippen molar-refractivity contribution in [3.05, 3.63) is 59.9 Å². The lowest BCUT2D eigenvalue weighted by Gasteiger charge is -2.18. The molecule has 2 aromatic rings. The maximum atomic E-state index is 12.2. The first-order valence-corrected chi connectivity index (χ1v) is 6.06. The van der Waals surface area contributed by atoms with Crippen LogP contribution >= 0.6 is 0 Å². The molecule has 1 unspecified atom stereocenters. The lowest BCUT2D eigenvalue weighted by molar-refractivity contribution is -0.145. The molecule has 0 aliphatic heterocycles. The molecule has 0 fully saturated rings. The van der Waals surface area contributed by atoms with Gasteiger partial charge in [0.05, 0.1) is 6.61 Å². The number of rotatable bonds is 4. The predicted molar refractivity (Wildman–Crippen MR) is 70.4 cm³/mol. The van der Waals surface area contributed by atoms with Gasteiger partial charge in [-0.1, -0.05) is 30.3 Å². The van der Waals surface area contributed by atoms with E-state index in [2.05, 4.69) is 6.07 Å². The lowest BCUT2D eigenvalue weighted by atomic mass is 10.1. The molecular weight excluding hydrogens is 240 g/mol. The standard InChI is InChI=1S/C15H14N2O2/c1-2-19-15(18)14(12-7-4-3-5-8-12)17-10-6-9-13(17)11-16/h3-10,14H,2H2,1H3. The third-order valence-corrected chi connectivity index (χ3v) is 2.80. The highest BCUT2D eigenvalue weighted by Crippen LogP contribution is 2.22. The molecule has 1 atom stereocenters. The fraction of sp³-hybridized carbons (Fsp3) is 0.200. The Hall–Kier alpha value is -2.54. The Kier molecular flexibility index (Phi) is 3.99. The number of aromatic nitrogens is 1. The Morgan fingerprint density at radius 2 is 2.05 bits per heavy atom. The average Bonchev–Trinajstić information content (AvgIpc) is 2.89. The highest BCUT2D eigenvalue weighted by Gasteiger charge is 2.25. The smallest absolute Gasteiger partial charge is 0.333 e. The van der Waals surface area contributed by atoms with Gasteiger partial charge in [0, 0.05) is 6.20 Å². The van der Waals surface area contributed by atoms with E-state index in [1.165, 1.54) is 0 Å². The van der Waals surface area contributed by atoms with E-state index in [1.807, 2.05) is 30.3 Å². The summed E-state index contributed by atoms with van der Waals surface area (Å²) in [6.07, 6.45) is 1.72. The number of carbonyl (C=O) groups excluding carboxylic acids is 1.